The smallest absolute Gasteiger partial charge is 0.265 e. The van der Waals surface area contributed by atoms with Crippen molar-refractivity contribution in [3.63, 3.8) is 0 Å². The van der Waals surface area contributed by atoms with Gasteiger partial charge in [0.1, 0.15) is 12.4 Å². The number of carbonyl (C=O) groups excluding carboxylic acids is 1. The van der Waals surface area contributed by atoms with Gasteiger partial charge in [-0.2, -0.15) is 5.10 Å². The zero-order valence-electron chi connectivity index (χ0n) is 17.9. The highest BCUT2D eigenvalue weighted by Crippen LogP contribution is 2.26. The molecule has 0 bridgehead atoms. The predicted molar refractivity (Wildman–Crippen MR) is 125 cm³/mol. The summed E-state index contributed by atoms with van der Waals surface area (Å²) in [4.78, 5) is 13.4. The second kappa shape index (κ2) is 9.18. The second-order valence-corrected chi connectivity index (χ2v) is 8.61. The average Bonchev–Trinajstić information content (AvgIpc) is 3.39. The number of ether oxygens (including phenoxy) is 1. The number of nitrogens with one attached hydrogen (secondary N) is 1. The largest absolute Gasteiger partial charge is 0.488 e. The molecule has 0 spiro atoms. The van der Waals surface area contributed by atoms with Crippen LogP contribution in [-0.2, 0) is 13.2 Å². The van der Waals surface area contributed by atoms with Crippen LogP contribution in [0, 0.1) is 20.8 Å². The third kappa shape index (κ3) is 5.22. The SMILES string of the molecule is Cc1cc(C)c(OCc2csc(C(=O)Nc3cccc(Cn4cccn4)c3)c2)c(C)c1. The molecule has 6 heteroatoms. The van der Waals surface area contributed by atoms with Gasteiger partial charge in [0.25, 0.3) is 5.91 Å². The van der Waals surface area contributed by atoms with E-state index in [0.717, 1.165) is 33.7 Å². The van der Waals surface area contributed by atoms with Crippen LogP contribution in [0.4, 0.5) is 5.69 Å². The van der Waals surface area contributed by atoms with Crippen molar-refractivity contribution in [2.24, 2.45) is 0 Å². The summed E-state index contributed by atoms with van der Waals surface area (Å²) in [5.74, 6) is 0.798. The zero-order chi connectivity index (χ0) is 21.8. The van der Waals surface area contributed by atoms with Crippen molar-refractivity contribution >= 4 is 22.9 Å². The highest BCUT2D eigenvalue weighted by molar-refractivity contribution is 7.12. The minimum atomic E-state index is -0.116. The molecule has 5 nitrogen and oxygen atoms in total. The molecule has 0 radical (unpaired) electrons. The van der Waals surface area contributed by atoms with E-state index >= 15 is 0 Å². The Balaban J connectivity index is 1.38. The fourth-order valence-electron chi connectivity index (χ4n) is 3.64. The summed E-state index contributed by atoms with van der Waals surface area (Å²) >= 11 is 1.42. The Morgan fingerprint density at radius 3 is 2.61 bits per heavy atom. The van der Waals surface area contributed by atoms with E-state index < -0.39 is 0 Å². The molecule has 4 rings (SSSR count). The maximum atomic E-state index is 12.7. The lowest BCUT2D eigenvalue weighted by Gasteiger charge is -2.12. The van der Waals surface area contributed by atoms with Crippen LogP contribution < -0.4 is 10.1 Å². The van der Waals surface area contributed by atoms with Crippen molar-refractivity contribution in [2.45, 2.75) is 33.9 Å². The average molecular weight is 432 g/mol. The van der Waals surface area contributed by atoms with E-state index in [1.54, 1.807) is 6.20 Å². The minimum absolute atomic E-state index is 0.116. The third-order valence-corrected chi connectivity index (χ3v) is 5.93. The summed E-state index contributed by atoms with van der Waals surface area (Å²) in [5.41, 5.74) is 6.31. The molecule has 1 amide bonds. The number of aryl methyl sites for hydroxylation is 3. The topological polar surface area (TPSA) is 56.1 Å². The highest BCUT2D eigenvalue weighted by atomic mass is 32.1. The van der Waals surface area contributed by atoms with Crippen molar-refractivity contribution in [1.29, 1.82) is 0 Å². The van der Waals surface area contributed by atoms with Gasteiger partial charge in [-0.25, -0.2) is 0 Å². The van der Waals surface area contributed by atoms with Gasteiger partial charge in [-0.05, 0) is 67.1 Å². The molecule has 0 fully saturated rings. The summed E-state index contributed by atoms with van der Waals surface area (Å²) in [6, 6.07) is 15.9. The molecule has 2 aromatic carbocycles. The van der Waals surface area contributed by atoms with Crippen LogP contribution in [0.25, 0.3) is 0 Å². The first-order valence-corrected chi connectivity index (χ1v) is 11.0. The Hall–Kier alpha value is -3.38. The van der Waals surface area contributed by atoms with Gasteiger partial charge in [0.2, 0.25) is 0 Å². The van der Waals surface area contributed by atoms with E-state index in [2.05, 4.69) is 43.3 Å². The number of anilines is 1. The van der Waals surface area contributed by atoms with Gasteiger partial charge in [0.15, 0.2) is 0 Å². The summed E-state index contributed by atoms with van der Waals surface area (Å²) in [6.45, 7) is 7.30. The van der Waals surface area contributed by atoms with E-state index in [1.807, 2.05) is 52.7 Å². The molecule has 158 valence electrons. The van der Waals surface area contributed by atoms with Crippen molar-refractivity contribution in [3.05, 3.63) is 99.0 Å². The van der Waals surface area contributed by atoms with Crippen molar-refractivity contribution in [3.8, 4) is 5.75 Å². The highest BCUT2D eigenvalue weighted by Gasteiger charge is 2.12. The predicted octanol–water partition coefficient (Wildman–Crippen LogP) is 5.75. The number of aromatic nitrogens is 2. The Morgan fingerprint density at radius 2 is 1.87 bits per heavy atom. The molecule has 0 atom stereocenters. The van der Waals surface area contributed by atoms with Crippen molar-refractivity contribution in [1.82, 2.24) is 9.78 Å². The third-order valence-electron chi connectivity index (χ3n) is 4.95. The molecule has 2 aromatic heterocycles. The molecular formula is C25H25N3O2S. The molecule has 0 unspecified atom stereocenters. The molecule has 4 aromatic rings. The molecule has 0 saturated carbocycles. The number of thiophene rings is 1. The normalized spacial score (nSPS) is 10.8. The molecule has 2 heterocycles. The molecule has 0 aliphatic carbocycles. The Labute approximate surface area is 186 Å². The summed E-state index contributed by atoms with van der Waals surface area (Å²) in [7, 11) is 0. The van der Waals surface area contributed by atoms with Gasteiger partial charge in [-0.3, -0.25) is 9.48 Å². The molecule has 1 N–H and O–H groups in total. The van der Waals surface area contributed by atoms with E-state index in [-0.39, 0.29) is 5.91 Å². The Kier molecular flexibility index (Phi) is 6.18. The van der Waals surface area contributed by atoms with Crippen LogP contribution in [0.15, 0.2) is 66.3 Å². The van der Waals surface area contributed by atoms with Gasteiger partial charge < -0.3 is 10.1 Å². The van der Waals surface area contributed by atoms with Gasteiger partial charge in [0, 0.05) is 23.6 Å². The molecule has 31 heavy (non-hydrogen) atoms. The number of carbonyl (C=O) groups is 1. The van der Waals surface area contributed by atoms with Crippen LogP contribution in [0.3, 0.4) is 0 Å². The van der Waals surface area contributed by atoms with E-state index in [9.17, 15) is 4.79 Å². The molecule has 0 saturated heterocycles. The molecular weight excluding hydrogens is 406 g/mol. The quantitative estimate of drug-likeness (QED) is 0.405. The number of amides is 1. The second-order valence-electron chi connectivity index (χ2n) is 7.69. The molecule has 0 aliphatic rings. The van der Waals surface area contributed by atoms with Gasteiger partial charge in [-0.15, -0.1) is 11.3 Å². The number of hydrogen-bond donors (Lipinski definition) is 1. The number of nitrogens with zero attached hydrogens (tertiary/aromatic N) is 2. The van der Waals surface area contributed by atoms with E-state index in [1.165, 1.54) is 16.9 Å². The first-order chi connectivity index (χ1) is 15.0. The standard InChI is InChI=1S/C25H25N3O2S/c1-17-10-18(2)24(19(3)11-17)30-15-21-13-23(31-16-21)25(29)27-22-7-4-6-20(12-22)14-28-9-5-8-26-28/h4-13,16H,14-15H2,1-3H3,(H,27,29). The van der Waals surface area contributed by atoms with Gasteiger partial charge in [-0.1, -0.05) is 29.8 Å². The fourth-order valence-corrected chi connectivity index (χ4v) is 4.43. The fraction of sp³-hybridized carbons (Fsp3) is 0.200. The lowest BCUT2D eigenvalue weighted by molar-refractivity contribution is 0.103. The van der Waals surface area contributed by atoms with Crippen LogP contribution in [0.2, 0.25) is 0 Å². The maximum absolute atomic E-state index is 12.7. The lowest BCUT2D eigenvalue weighted by Crippen LogP contribution is -2.10. The first-order valence-electron chi connectivity index (χ1n) is 10.1. The number of hydrogen-bond acceptors (Lipinski definition) is 4. The minimum Gasteiger partial charge on any atom is -0.488 e. The van der Waals surface area contributed by atoms with Crippen LogP contribution >= 0.6 is 11.3 Å². The Bertz CT molecular complexity index is 1170. The van der Waals surface area contributed by atoms with Crippen molar-refractivity contribution in [2.75, 3.05) is 5.32 Å². The van der Waals surface area contributed by atoms with Crippen LogP contribution in [0.5, 0.6) is 5.75 Å². The zero-order valence-corrected chi connectivity index (χ0v) is 18.7. The van der Waals surface area contributed by atoms with Gasteiger partial charge >= 0.3 is 0 Å². The maximum Gasteiger partial charge on any atom is 0.265 e. The van der Waals surface area contributed by atoms with Crippen molar-refractivity contribution < 1.29 is 9.53 Å². The van der Waals surface area contributed by atoms with E-state index in [4.69, 9.17) is 4.74 Å². The lowest BCUT2D eigenvalue weighted by atomic mass is 10.1. The van der Waals surface area contributed by atoms with E-state index in [0.29, 0.717) is 18.0 Å². The summed E-state index contributed by atoms with van der Waals surface area (Å²) < 4.78 is 7.90. The summed E-state index contributed by atoms with van der Waals surface area (Å²) in [5, 5.41) is 9.19. The molecule has 0 aliphatic heterocycles. The number of benzene rings is 2. The first kappa shape index (κ1) is 20.9. The van der Waals surface area contributed by atoms with Gasteiger partial charge in [0.05, 0.1) is 11.4 Å². The number of rotatable bonds is 7. The summed E-state index contributed by atoms with van der Waals surface area (Å²) in [6.07, 6.45) is 3.67. The monoisotopic (exact) mass is 431 g/mol. The van der Waals surface area contributed by atoms with Crippen LogP contribution in [0.1, 0.15) is 37.5 Å². The Morgan fingerprint density at radius 1 is 1.06 bits per heavy atom. The van der Waals surface area contributed by atoms with Crippen LogP contribution in [-0.4, -0.2) is 15.7 Å².